The first-order valence-corrected chi connectivity index (χ1v) is 5.47. The topological polar surface area (TPSA) is 40.5 Å². The summed E-state index contributed by atoms with van der Waals surface area (Å²) >= 11 is 0. The van der Waals surface area contributed by atoms with Crippen molar-refractivity contribution in [1.29, 1.82) is 0 Å². The molecule has 0 bridgehead atoms. The number of hydrogen-bond donors (Lipinski definition) is 1. The Morgan fingerprint density at radius 1 is 1.25 bits per heavy atom. The minimum absolute atomic E-state index is 0.0573. The third-order valence-electron chi connectivity index (χ3n) is 2.89. The van der Waals surface area contributed by atoms with E-state index in [2.05, 4.69) is 0 Å². The van der Waals surface area contributed by atoms with Gasteiger partial charge >= 0.3 is 5.97 Å². The number of carbonyl (C=O) groups is 1. The number of carboxylic acids is 1. The number of anilines is 1. The van der Waals surface area contributed by atoms with Gasteiger partial charge in [-0.15, -0.1) is 0 Å². The molecule has 1 aliphatic heterocycles. The normalized spacial score (nSPS) is 16.2. The first-order chi connectivity index (χ1) is 7.70. The van der Waals surface area contributed by atoms with Crippen LogP contribution in [0.3, 0.4) is 0 Å². The van der Waals surface area contributed by atoms with Gasteiger partial charge in [0.2, 0.25) is 0 Å². The molecule has 3 nitrogen and oxygen atoms in total. The van der Waals surface area contributed by atoms with Crippen LogP contribution < -0.4 is 4.90 Å². The molecule has 1 heterocycles. The van der Waals surface area contributed by atoms with Crippen LogP contribution >= 0.6 is 0 Å². The van der Waals surface area contributed by atoms with Gasteiger partial charge in [0.15, 0.2) is 0 Å². The van der Waals surface area contributed by atoms with Crippen molar-refractivity contribution in [3.63, 3.8) is 0 Å². The Labute approximate surface area is 93.5 Å². The van der Waals surface area contributed by atoms with Gasteiger partial charge in [-0.1, -0.05) is 6.07 Å². The smallest absolute Gasteiger partial charge is 0.337 e. The molecule has 86 valence electrons. The largest absolute Gasteiger partial charge is 0.478 e. The van der Waals surface area contributed by atoms with Crippen LogP contribution in [0.25, 0.3) is 0 Å². The lowest BCUT2D eigenvalue weighted by molar-refractivity contribution is 0.0697. The van der Waals surface area contributed by atoms with Gasteiger partial charge in [0.05, 0.1) is 11.3 Å². The maximum atomic E-state index is 13.7. The van der Waals surface area contributed by atoms with E-state index in [1.165, 1.54) is 18.2 Å². The monoisotopic (exact) mass is 223 g/mol. The van der Waals surface area contributed by atoms with Crippen molar-refractivity contribution in [3.8, 4) is 0 Å². The predicted molar refractivity (Wildman–Crippen MR) is 59.4 cm³/mol. The lowest BCUT2D eigenvalue weighted by Gasteiger charge is -2.30. The molecule has 1 fully saturated rings. The van der Waals surface area contributed by atoms with Gasteiger partial charge in [0, 0.05) is 13.1 Å². The molecular weight excluding hydrogens is 209 g/mol. The molecule has 1 aromatic rings. The third kappa shape index (κ3) is 2.01. The highest BCUT2D eigenvalue weighted by Gasteiger charge is 2.21. The summed E-state index contributed by atoms with van der Waals surface area (Å²) in [6.07, 6.45) is 3.12. The molecule has 4 heteroatoms. The molecule has 0 atom stereocenters. The zero-order chi connectivity index (χ0) is 11.5. The van der Waals surface area contributed by atoms with Crippen molar-refractivity contribution in [2.45, 2.75) is 19.3 Å². The van der Waals surface area contributed by atoms with Gasteiger partial charge in [0.1, 0.15) is 5.82 Å². The average molecular weight is 223 g/mol. The van der Waals surface area contributed by atoms with Gasteiger partial charge in [-0.05, 0) is 31.4 Å². The summed E-state index contributed by atoms with van der Waals surface area (Å²) in [5.41, 5.74) is 0.302. The van der Waals surface area contributed by atoms with Crippen LogP contribution in [0.5, 0.6) is 0 Å². The maximum Gasteiger partial charge on any atom is 0.337 e. The minimum Gasteiger partial charge on any atom is -0.478 e. The van der Waals surface area contributed by atoms with E-state index >= 15 is 0 Å². The molecule has 0 saturated carbocycles. The second-order valence-electron chi connectivity index (χ2n) is 3.99. The van der Waals surface area contributed by atoms with Crippen molar-refractivity contribution >= 4 is 11.7 Å². The highest BCUT2D eigenvalue weighted by molar-refractivity contribution is 5.94. The van der Waals surface area contributed by atoms with Gasteiger partial charge in [0.25, 0.3) is 0 Å². The molecular formula is C12H14FNO2. The molecule has 1 N–H and O–H groups in total. The molecule has 0 amide bonds. The van der Waals surface area contributed by atoms with Crippen LogP contribution in [0, 0.1) is 5.82 Å². The Morgan fingerprint density at radius 2 is 1.94 bits per heavy atom. The van der Waals surface area contributed by atoms with E-state index in [-0.39, 0.29) is 11.3 Å². The number of rotatable bonds is 2. The molecule has 0 aromatic heterocycles. The average Bonchev–Trinajstić information content (AvgIpc) is 2.29. The Morgan fingerprint density at radius 3 is 2.56 bits per heavy atom. The highest BCUT2D eigenvalue weighted by Crippen LogP contribution is 2.27. The number of benzene rings is 1. The van der Waals surface area contributed by atoms with Crippen LogP contribution in [0.2, 0.25) is 0 Å². The molecule has 2 rings (SSSR count). The summed E-state index contributed by atoms with van der Waals surface area (Å²) in [5, 5.41) is 9.03. The lowest BCUT2D eigenvalue weighted by Crippen LogP contribution is -2.31. The number of piperidine rings is 1. The summed E-state index contributed by atoms with van der Waals surface area (Å²) in [6.45, 7) is 1.47. The number of aromatic carboxylic acids is 1. The van der Waals surface area contributed by atoms with Crippen molar-refractivity contribution in [2.24, 2.45) is 0 Å². The fraction of sp³-hybridized carbons (Fsp3) is 0.417. The van der Waals surface area contributed by atoms with Crippen molar-refractivity contribution in [3.05, 3.63) is 29.6 Å². The zero-order valence-corrected chi connectivity index (χ0v) is 8.95. The molecule has 0 unspecified atom stereocenters. The molecule has 0 aliphatic carbocycles. The fourth-order valence-corrected chi connectivity index (χ4v) is 2.13. The van der Waals surface area contributed by atoms with Crippen molar-refractivity contribution < 1.29 is 14.3 Å². The van der Waals surface area contributed by atoms with Crippen LogP contribution in [-0.2, 0) is 0 Å². The van der Waals surface area contributed by atoms with E-state index in [9.17, 15) is 9.18 Å². The Balaban J connectivity index is 2.40. The fourth-order valence-electron chi connectivity index (χ4n) is 2.13. The van der Waals surface area contributed by atoms with Gasteiger partial charge in [-0.25, -0.2) is 9.18 Å². The molecule has 1 aliphatic rings. The van der Waals surface area contributed by atoms with Gasteiger partial charge in [-0.3, -0.25) is 0 Å². The van der Waals surface area contributed by atoms with E-state index in [4.69, 9.17) is 5.11 Å². The minimum atomic E-state index is -1.07. The Hall–Kier alpha value is -1.58. The number of nitrogens with zero attached hydrogens (tertiary/aromatic N) is 1. The first kappa shape index (κ1) is 10.9. The maximum absolute atomic E-state index is 13.7. The van der Waals surface area contributed by atoms with Gasteiger partial charge in [-0.2, -0.15) is 0 Å². The standard InChI is InChI=1S/C12H14FNO2/c13-10-6-4-5-9(12(15)16)11(10)14-7-2-1-3-8-14/h4-6H,1-3,7-8H2,(H,15,16). The number of carboxylic acid groups (broad SMARTS) is 1. The number of halogens is 1. The van der Waals surface area contributed by atoms with Crippen molar-refractivity contribution in [2.75, 3.05) is 18.0 Å². The molecule has 0 radical (unpaired) electrons. The van der Waals surface area contributed by atoms with E-state index in [1.54, 1.807) is 0 Å². The second-order valence-corrected chi connectivity index (χ2v) is 3.99. The quantitative estimate of drug-likeness (QED) is 0.837. The first-order valence-electron chi connectivity index (χ1n) is 5.47. The zero-order valence-electron chi connectivity index (χ0n) is 8.95. The van der Waals surface area contributed by atoms with Crippen LogP contribution in [0.15, 0.2) is 18.2 Å². The summed E-state index contributed by atoms with van der Waals surface area (Å²) in [4.78, 5) is 12.9. The second kappa shape index (κ2) is 4.51. The summed E-state index contributed by atoms with van der Waals surface area (Å²) in [7, 11) is 0. The van der Waals surface area contributed by atoms with Crippen molar-refractivity contribution in [1.82, 2.24) is 0 Å². The predicted octanol–water partition coefficient (Wildman–Crippen LogP) is 2.51. The Kier molecular flexibility index (Phi) is 3.08. The van der Waals surface area contributed by atoms with E-state index in [0.717, 1.165) is 32.4 Å². The summed E-state index contributed by atoms with van der Waals surface area (Å²) in [6, 6.07) is 4.21. The molecule has 0 spiro atoms. The number of hydrogen-bond acceptors (Lipinski definition) is 2. The van der Waals surface area contributed by atoms with E-state index in [0.29, 0.717) is 0 Å². The van der Waals surface area contributed by atoms with Gasteiger partial charge < -0.3 is 10.0 Å². The summed E-state index contributed by atoms with van der Waals surface area (Å²) < 4.78 is 13.7. The third-order valence-corrected chi connectivity index (χ3v) is 2.89. The van der Waals surface area contributed by atoms with E-state index < -0.39 is 11.8 Å². The van der Waals surface area contributed by atoms with E-state index in [1.807, 2.05) is 4.90 Å². The summed E-state index contributed by atoms with van der Waals surface area (Å²) in [5.74, 6) is -1.51. The van der Waals surface area contributed by atoms with Crippen LogP contribution in [-0.4, -0.2) is 24.2 Å². The molecule has 16 heavy (non-hydrogen) atoms. The molecule has 1 saturated heterocycles. The Bertz CT molecular complexity index is 400. The van der Waals surface area contributed by atoms with Crippen LogP contribution in [0.1, 0.15) is 29.6 Å². The van der Waals surface area contributed by atoms with Crippen LogP contribution in [0.4, 0.5) is 10.1 Å². The lowest BCUT2D eigenvalue weighted by atomic mass is 10.1. The number of para-hydroxylation sites is 1. The molecule has 1 aromatic carbocycles. The highest BCUT2D eigenvalue weighted by atomic mass is 19.1. The SMILES string of the molecule is O=C(O)c1cccc(F)c1N1CCCCC1.